The topological polar surface area (TPSA) is 136 Å². The van der Waals surface area contributed by atoms with Gasteiger partial charge < -0.3 is 23.7 Å². The zero-order valence-electron chi connectivity index (χ0n) is 24.8. The first-order valence-corrected chi connectivity index (χ1v) is 17.3. The van der Waals surface area contributed by atoms with E-state index in [0.717, 1.165) is 61.4 Å². The molecule has 12 nitrogen and oxygen atoms in total. The summed E-state index contributed by atoms with van der Waals surface area (Å²) in [4.78, 5) is 6.90. The van der Waals surface area contributed by atoms with Gasteiger partial charge >= 0.3 is 0 Å². The molecule has 0 fully saturated rings. The number of nitrogens with zero attached hydrogens (tertiary/aromatic N) is 7. The first-order chi connectivity index (χ1) is 23.3. The third-order valence-electron chi connectivity index (χ3n) is 9.08. The van der Waals surface area contributed by atoms with Gasteiger partial charge in [-0.15, -0.1) is 42.4 Å². The summed E-state index contributed by atoms with van der Waals surface area (Å²) in [6, 6.07) is 10.5. The number of aromatic nitrogens is 7. The SMILES string of the molecule is [c]1nnc2c(c1-c1nnc3c(c1-c1cc4c(nn1)OCCS4)C(c1ccc4c(c1)CCO4)C(c1cc4c(cn1)SCO4)CO3)CCO2. The second-order valence-corrected chi connectivity index (χ2v) is 13.7. The van der Waals surface area contributed by atoms with E-state index in [4.69, 9.17) is 44.0 Å². The Morgan fingerprint density at radius 3 is 2.70 bits per heavy atom. The summed E-state index contributed by atoms with van der Waals surface area (Å²) in [6.07, 6.45) is 6.51. The van der Waals surface area contributed by atoms with E-state index in [1.54, 1.807) is 23.5 Å². The van der Waals surface area contributed by atoms with Crippen LogP contribution in [0.2, 0.25) is 0 Å². The first-order valence-electron chi connectivity index (χ1n) is 15.4. The van der Waals surface area contributed by atoms with E-state index in [9.17, 15) is 0 Å². The van der Waals surface area contributed by atoms with Crippen LogP contribution in [0.1, 0.15) is 39.8 Å². The summed E-state index contributed by atoms with van der Waals surface area (Å²) in [5.41, 5.74) is 7.47. The number of rotatable bonds is 4. The van der Waals surface area contributed by atoms with Crippen molar-refractivity contribution in [1.29, 1.82) is 0 Å². The zero-order chi connectivity index (χ0) is 30.9. The average molecular weight is 663 g/mol. The molecule has 5 aliphatic rings. The van der Waals surface area contributed by atoms with Crippen molar-refractivity contribution < 1.29 is 23.7 Å². The van der Waals surface area contributed by atoms with Crippen LogP contribution in [0.15, 0.2) is 46.3 Å². The Labute approximate surface area is 277 Å². The van der Waals surface area contributed by atoms with Crippen molar-refractivity contribution >= 4 is 23.5 Å². The van der Waals surface area contributed by atoms with Crippen molar-refractivity contribution in [2.75, 3.05) is 38.1 Å². The third kappa shape index (κ3) is 4.48. The number of ether oxygens (including phenoxy) is 5. The van der Waals surface area contributed by atoms with Gasteiger partial charge in [-0.05, 0) is 23.3 Å². The molecule has 14 heteroatoms. The normalized spacial score (nSPS) is 19.9. The molecule has 0 N–H and O–H groups in total. The Morgan fingerprint density at radius 1 is 0.766 bits per heavy atom. The van der Waals surface area contributed by atoms with Crippen molar-refractivity contribution in [1.82, 2.24) is 35.6 Å². The monoisotopic (exact) mass is 662 g/mol. The highest BCUT2D eigenvalue weighted by molar-refractivity contribution is 7.99. The lowest BCUT2D eigenvalue weighted by Gasteiger charge is -2.35. The van der Waals surface area contributed by atoms with Gasteiger partial charge in [0.05, 0.1) is 47.6 Å². The minimum Gasteiger partial charge on any atom is -0.493 e. The van der Waals surface area contributed by atoms with Crippen LogP contribution >= 0.6 is 23.5 Å². The van der Waals surface area contributed by atoms with Gasteiger partial charge in [0.2, 0.25) is 17.6 Å². The van der Waals surface area contributed by atoms with Gasteiger partial charge in [-0.2, -0.15) is 0 Å². The zero-order valence-corrected chi connectivity index (χ0v) is 26.4. The summed E-state index contributed by atoms with van der Waals surface area (Å²) in [7, 11) is 0. The van der Waals surface area contributed by atoms with Crippen molar-refractivity contribution in [3.63, 3.8) is 0 Å². The minimum atomic E-state index is -0.241. The smallest absolute Gasteiger partial charge is 0.247 e. The Kier molecular flexibility index (Phi) is 6.39. The molecule has 0 bridgehead atoms. The van der Waals surface area contributed by atoms with E-state index in [1.807, 2.05) is 18.3 Å². The molecule has 5 aliphatic heterocycles. The summed E-state index contributed by atoms with van der Waals surface area (Å²) < 4.78 is 29.9. The molecule has 1 radical (unpaired) electrons. The highest BCUT2D eigenvalue weighted by atomic mass is 32.2. The maximum atomic E-state index is 6.49. The molecule has 10 rings (SSSR count). The lowest BCUT2D eigenvalue weighted by molar-refractivity contribution is 0.233. The predicted molar refractivity (Wildman–Crippen MR) is 170 cm³/mol. The molecule has 2 atom stereocenters. The minimum absolute atomic E-state index is 0.185. The van der Waals surface area contributed by atoms with Crippen LogP contribution in [0.4, 0.5) is 0 Å². The molecule has 0 spiro atoms. The van der Waals surface area contributed by atoms with Gasteiger partial charge in [0, 0.05) is 64.9 Å². The quantitative estimate of drug-likeness (QED) is 0.263. The van der Waals surface area contributed by atoms with E-state index in [0.29, 0.717) is 73.4 Å². The standard InChI is InChI=1S/C33H24N7O5S2/c1-2-23-16(3-5-41-23)9-17(1)27-20(21-10-24-26(13-34-21)47-15-45-24)14-44-33-29(27)28(22-11-25-32(39-36-22)43-7-8-46-25)30(37-40-33)19-12-35-38-31-18(19)4-6-42-31/h1-2,9-11,13,20,27H,3-8,14-15H2. The van der Waals surface area contributed by atoms with E-state index >= 15 is 0 Å². The molecule has 47 heavy (non-hydrogen) atoms. The van der Waals surface area contributed by atoms with Gasteiger partial charge in [0.15, 0.2) is 0 Å². The molecule has 9 heterocycles. The highest BCUT2D eigenvalue weighted by Gasteiger charge is 2.41. The van der Waals surface area contributed by atoms with Crippen LogP contribution in [0, 0.1) is 6.20 Å². The number of fused-ring (bicyclic) bond motifs is 5. The van der Waals surface area contributed by atoms with E-state index < -0.39 is 0 Å². The molecule has 0 aliphatic carbocycles. The summed E-state index contributed by atoms with van der Waals surface area (Å²) in [5, 5.41) is 27.1. The van der Waals surface area contributed by atoms with Crippen molar-refractivity contribution in [2.45, 2.75) is 34.5 Å². The molecule has 0 saturated heterocycles. The van der Waals surface area contributed by atoms with Crippen LogP contribution in [0.5, 0.6) is 29.1 Å². The number of hydrogen-bond acceptors (Lipinski definition) is 14. The first kappa shape index (κ1) is 27.4. The molecule has 0 amide bonds. The molecular weight excluding hydrogens is 639 g/mol. The summed E-state index contributed by atoms with van der Waals surface area (Å²) >= 11 is 3.33. The van der Waals surface area contributed by atoms with Crippen LogP contribution in [0.3, 0.4) is 0 Å². The largest absolute Gasteiger partial charge is 0.493 e. The molecule has 1 aromatic carbocycles. The maximum Gasteiger partial charge on any atom is 0.247 e. The number of thioether (sulfide) groups is 2. The Hall–Kier alpha value is -4.69. The van der Waals surface area contributed by atoms with Crippen LogP contribution < -0.4 is 23.7 Å². The molecule has 4 aromatic heterocycles. The average Bonchev–Trinajstić information content (AvgIpc) is 3.91. The van der Waals surface area contributed by atoms with Crippen molar-refractivity contribution in [2.24, 2.45) is 0 Å². The number of benzene rings is 1. The Bertz CT molecular complexity index is 2100. The Balaban J connectivity index is 1.25. The van der Waals surface area contributed by atoms with Crippen LogP contribution in [-0.2, 0) is 12.8 Å². The van der Waals surface area contributed by atoms with Crippen molar-refractivity contribution in [3.8, 4) is 51.7 Å². The summed E-state index contributed by atoms with van der Waals surface area (Å²) in [5.74, 6) is 4.17. The lowest BCUT2D eigenvalue weighted by atomic mass is 9.75. The van der Waals surface area contributed by atoms with Gasteiger partial charge in [-0.25, -0.2) is 0 Å². The van der Waals surface area contributed by atoms with Crippen LogP contribution in [-0.4, -0.2) is 73.7 Å². The maximum absolute atomic E-state index is 6.49. The third-order valence-corrected chi connectivity index (χ3v) is 10.9. The van der Waals surface area contributed by atoms with E-state index in [1.165, 1.54) is 5.56 Å². The number of hydrogen-bond donors (Lipinski definition) is 0. The van der Waals surface area contributed by atoms with E-state index in [-0.39, 0.29) is 11.8 Å². The summed E-state index contributed by atoms with van der Waals surface area (Å²) in [6.45, 7) is 2.11. The van der Waals surface area contributed by atoms with Gasteiger partial charge in [-0.1, -0.05) is 23.9 Å². The molecule has 5 aromatic rings. The van der Waals surface area contributed by atoms with Crippen molar-refractivity contribution in [3.05, 3.63) is 70.7 Å². The lowest BCUT2D eigenvalue weighted by Crippen LogP contribution is -2.28. The predicted octanol–water partition coefficient (Wildman–Crippen LogP) is 4.69. The Morgan fingerprint density at radius 2 is 1.70 bits per heavy atom. The molecule has 2 unspecified atom stereocenters. The fraction of sp³-hybridized carbons (Fsp3) is 0.303. The molecule has 233 valence electrons. The number of pyridine rings is 1. The van der Waals surface area contributed by atoms with Gasteiger partial charge in [-0.3, -0.25) is 4.98 Å². The second-order valence-electron chi connectivity index (χ2n) is 11.6. The fourth-order valence-electron chi connectivity index (χ4n) is 6.93. The molecular formula is C33H24N7O5S2. The fourth-order valence-corrected chi connectivity index (χ4v) is 8.44. The molecule has 0 saturated carbocycles. The highest BCUT2D eigenvalue weighted by Crippen LogP contribution is 2.53. The van der Waals surface area contributed by atoms with Gasteiger partial charge in [0.25, 0.3) is 0 Å². The van der Waals surface area contributed by atoms with E-state index in [2.05, 4.69) is 39.7 Å². The second kappa shape index (κ2) is 10.9. The van der Waals surface area contributed by atoms with Crippen LogP contribution in [0.25, 0.3) is 22.5 Å². The van der Waals surface area contributed by atoms with Gasteiger partial charge in [0.1, 0.15) is 29.3 Å².